The molecule has 0 heterocycles. The quantitative estimate of drug-likeness (QED) is 0.101. The SMILES string of the molecule is C=CCc1cc(/C=C(\C#N)c2ccccc2)cc(OCC)c1Oc1ccc(C(F)(F)F)cc1[N+](=O)[O-]. The maximum absolute atomic E-state index is 13.1. The van der Waals surface area contributed by atoms with Gasteiger partial charge >= 0.3 is 11.9 Å². The third-order valence-corrected chi connectivity index (χ3v) is 5.03. The van der Waals surface area contributed by atoms with Crippen molar-refractivity contribution in [1.82, 2.24) is 0 Å². The summed E-state index contributed by atoms with van der Waals surface area (Å²) in [6.07, 6.45) is -1.25. The third-order valence-electron chi connectivity index (χ3n) is 5.03. The lowest BCUT2D eigenvalue weighted by Gasteiger charge is -2.17. The van der Waals surface area contributed by atoms with Crippen LogP contribution in [0, 0.1) is 21.4 Å². The number of hydrogen-bond donors (Lipinski definition) is 0. The molecule has 3 aromatic carbocycles. The Bertz CT molecular complexity index is 1340. The van der Waals surface area contributed by atoms with E-state index in [2.05, 4.69) is 12.6 Å². The van der Waals surface area contributed by atoms with Gasteiger partial charge in [-0.3, -0.25) is 10.1 Å². The molecule has 0 fully saturated rings. The fourth-order valence-electron chi connectivity index (χ4n) is 3.45. The zero-order valence-corrected chi connectivity index (χ0v) is 19.2. The fraction of sp³-hybridized carbons (Fsp3) is 0.148. The van der Waals surface area contributed by atoms with Crippen molar-refractivity contribution in [3.05, 3.63) is 106 Å². The van der Waals surface area contributed by atoms with Crippen LogP contribution in [0.3, 0.4) is 0 Å². The summed E-state index contributed by atoms with van der Waals surface area (Å²) in [6.45, 7) is 5.67. The average molecular weight is 494 g/mol. The second-order valence-corrected chi connectivity index (χ2v) is 7.51. The van der Waals surface area contributed by atoms with E-state index in [4.69, 9.17) is 9.47 Å². The van der Waals surface area contributed by atoms with Gasteiger partial charge in [0.15, 0.2) is 11.5 Å². The van der Waals surface area contributed by atoms with Crippen LogP contribution in [0.4, 0.5) is 18.9 Å². The van der Waals surface area contributed by atoms with Crippen molar-refractivity contribution in [2.75, 3.05) is 6.61 Å². The summed E-state index contributed by atoms with van der Waals surface area (Å²) in [7, 11) is 0. The van der Waals surface area contributed by atoms with Crippen molar-refractivity contribution in [3.63, 3.8) is 0 Å². The Kier molecular flexibility index (Phi) is 8.12. The number of rotatable bonds is 9. The molecule has 36 heavy (non-hydrogen) atoms. The number of allylic oxidation sites excluding steroid dienone is 2. The first-order valence-electron chi connectivity index (χ1n) is 10.8. The van der Waals surface area contributed by atoms with Gasteiger partial charge in [-0.1, -0.05) is 36.4 Å². The molecule has 6 nitrogen and oxygen atoms in total. The van der Waals surface area contributed by atoms with Gasteiger partial charge in [-0.25, -0.2) is 0 Å². The summed E-state index contributed by atoms with van der Waals surface area (Å²) in [4.78, 5) is 10.6. The average Bonchev–Trinajstić information content (AvgIpc) is 2.84. The van der Waals surface area contributed by atoms with Gasteiger partial charge in [0.2, 0.25) is 5.75 Å². The Morgan fingerprint density at radius 3 is 2.44 bits per heavy atom. The number of nitro benzene ring substituents is 1. The van der Waals surface area contributed by atoms with Crippen LogP contribution < -0.4 is 9.47 Å². The molecule has 0 aromatic heterocycles. The van der Waals surface area contributed by atoms with E-state index in [0.717, 1.165) is 6.07 Å². The second kappa shape index (κ2) is 11.2. The van der Waals surface area contributed by atoms with Gasteiger partial charge in [0.25, 0.3) is 0 Å². The molecule has 0 spiro atoms. The van der Waals surface area contributed by atoms with Crippen molar-refractivity contribution in [2.24, 2.45) is 0 Å². The first-order valence-corrected chi connectivity index (χ1v) is 10.8. The summed E-state index contributed by atoms with van der Waals surface area (Å²) in [5.74, 6) is -0.0535. The number of halogens is 3. The predicted molar refractivity (Wildman–Crippen MR) is 130 cm³/mol. The highest BCUT2D eigenvalue weighted by Gasteiger charge is 2.33. The molecule has 0 saturated heterocycles. The lowest BCUT2D eigenvalue weighted by atomic mass is 10.0. The van der Waals surface area contributed by atoms with Crippen molar-refractivity contribution < 1.29 is 27.6 Å². The molecule has 0 aliphatic carbocycles. The van der Waals surface area contributed by atoms with Gasteiger partial charge < -0.3 is 9.47 Å². The Hall–Kier alpha value is -4.58. The van der Waals surface area contributed by atoms with E-state index in [1.54, 1.807) is 43.3 Å². The molecule has 3 aromatic rings. The molecule has 184 valence electrons. The zero-order valence-electron chi connectivity index (χ0n) is 19.2. The van der Waals surface area contributed by atoms with Crippen molar-refractivity contribution in [1.29, 1.82) is 5.26 Å². The van der Waals surface area contributed by atoms with Gasteiger partial charge in [-0.05, 0) is 54.8 Å². The molecule has 3 rings (SSSR count). The smallest absolute Gasteiger partial charge is 0.416 e. The van der Waals surface area contributed by atoms with Gasteiger partial charge in [0, 0.05) is 11.6 Å². The van der Waals surface area contributed by atoms with Crippen LogP contribution in [-0.4, -0.2) is 11.5 Å². The number of ether oxygens (including phenoxy) is 2. The second-order valence-electron chi connectivity index (χ2n) is 7.51. The van der Waals surface area contributed by atoms with E-state index in [0.29, 0.717) is 34.4 Å². The molecule has 0 N–H and O–H groups in total. The zero-order chi connectivity index (χ0) is 26.3. The van der Waals surface area contributed by atoms with E-state index >= 15 is 0 Å². The minimum Gasteiger partial charge on any atom is -0.490 e. The highest BCUT2D eigenvalue weighted by Crippen LogP contribution is 2.42. The number of nitriles is 1. The molecule has 0 bridgehead atoms. The van der Waals surface area contributed by atoms with Gasteiger partial charge in [-0.2, -0.15) is 18.4 Å². The lowest BCUT2D eigenvalue weighted by Crippen LogP contribution is -2.06. The molecule has 0 aliphatic rings. The standard InChI is InChI=1S/C27H21F3N2O4/c1-3-8-20-13-18(14-21(17-31)19-9-6-5-7-10-19)15-25(35-4-2)26(20)36-24-12-11-22(27(28,29)30)16-23(24)32(33)34/h3,5-7,9-16H,1,4,8H2,2H3/b21-14+. The molecular weight excluding hydrogens is 473 g/mol. The number of hydrogen-bond acceptors (Lipinski definition) is 5. The Balaban J connectivity index is 2.14. The van der Waals surface area contributed by atoms with Crippen LogP contribution in [0.15, 0.2) is 73.3 Å². The van der Waals surface area contributed by atoms with Crippen molar-refractivity contribution >= 4 is 17.3 Å². The lowest BCUT2D eigenvalue weighted by molar-refractivity contribution is -0.385. The summed E-state index contributed by atoms with van der Waals surface area (Å²) < 4.78 is 50.8. The minimum atomic E-state index is -4.75. The van der Waals surface area contributed by atoms with E-state index in [-0.39, 0.29) is 30.3 Å². The normalized spacial score (nSPS) is 11.5. The Morgan fingerprint density at radius 1 is 1.14 bits per heavy atom. The fourth-order valence-corrected chi connectivity index (χ4v) is 3.45. The van der Waals surface area contributed by atoms with Gasteiger partial charge in [0.1, 0.15) is 0 Å². The molecule has 0 radical (unpaired) electrons. The van der Waals surface area contributed by atoms with Crippen LogP contribution in [0.25, 0.3) is 11.6 Å². The minimum absolute atomic E-state index is 0.106. The molecule has 0 aliphatic heterocycles. The maximum Gasteiger partial charge on any atom is 0.416 e. The molecule has 0 amide bonds. The van der Waals surface area contributed by atoms with E-state index in [9.17, 15) is 28.5 Å². The van der Waals surface area contributed by atoms with E-state index < -0.39 is 22.4 Å². The highest BCUT2D eigenvalue weighted by atomic mass is 19.4. The summed E-state index contributed by atoms with van der Waals surface area (Å²) in [5, 5.41) is 21.2. The molecule has 9 heteroatoms. The highest BCUT2D eigenvalue weighted by molar-refractivity contribution is 5.90. The maximum atomic E-state index is 13.1. The van der Waals surface area contributed by atoms with Crippen LogP contribution >= 0.6 is 0 Å². The number of nitrogens with zero attached hydrogens (tertiary/aromatic N) is 2. The van der Waals surface area contributed by atoms with Crippen LogP contribution in [0.1, 0.15) is 29.2 Å². The summed E-state index contributed by atoms with van der Waals surface area (Å²) in [5.41, 5.74) is 0.227. The van der Waals surface area contributed by atoms with Crippen LogP contribution in [-0.2, 0) is 12.6 Å². The van der Waals surface area contributed by atoms with Crippen molar-refractivity contribution in [2.45, 2.75) is 19.5 Å². The number of benzene rings is 3. The van der Waals surface area contributed by atoms with Crippen LogP contribution in [0.2, 0.25) is 0 Å². The molecule has 0 unspecified atom stereocenters. The van der Waals surface area contributed by atoms with Gasteiger partial charge in [-0.15, -0.1) is 6.58 Å². The summed E-state index contributed by atoms with van der Waals surface area (Å²) in [6, 6.07) is 16.6. The monoisotopic (exact) mass is 494 g/mol. The predicted octanol–water partition coefficient (Wildman–Crippen LogP) is 7.60. The number of nitro groups is 1. The molecule has 0 saturated carbocycles. The molecular formula is C27H21F3N2O4. The Morgan fingerprint density at radius 2 is 1.86 bits per heavy atom. The van der Waals surface area contributed by atoms with Gasteiger partial charge in [0.05, 0.1) is 28.7 Å². The first kappa shape index (κ1) is 26.0. The topological polar surface area (TPSA) is 85.4 Å². The van der Waals surface area contributed by atoms with E-state index in [1.165, 1.54) is 0 Å². The molecule has 0 atom stereocenters. The van der Waals surface area contributed by atoms with Crippen LogP contribution in [0.5, 0.6) is 17.2 Å². The third kappa shape index (κ3) is 6.10. The van der Waals surface area contributed by atoms with E-state index in [1.807, 2.05) is 18.2 Å². The Labute approximate surface area is 205 Å². The van der Waals surface area contributed by atoms with Crippen molar-refractivity contribution in [3.8, 4) is 23.3 Å². The summed E-state index contributed by atoms with van der Waals surface area (Å²) >= 11 is 0. The number of alkyl halides is 3. The first-order chi connectivity index (χ1) is 17.2. The largest absolute Gasteiger partial charge is 0.490 e.